The average Bonchev–Trinajstić information content (AvgIpc) is 2.70. The number of rotatable bonds is 5. The van der Waals surface area contributed by atoms with Crippen molar-refractivity contribution < 1.29 is 4.79 Å². The van der Waals surface area contributed by atoms with Crippen molar-refractivity contribution in [3.63, 3.8) is 0 Å². The summed E-state index contributed by atoms with van der Waals surface area (Å²) in [5.74, 6) is -0.0534. The summed E-state index contributed by atoms with van der Waals surface area (Å²) in [5.41, 5.74) is 3.41. The maximum atomic E-state index is 12.8. The molecule has 0 atom stereocenters. The van der Waals surface area contributed by atoms with Crippen LogP contribution in [0.2, 0.25) is 0 Å². The van der Waals surface area contributed by atoms with Gasteiger partial charge in [0.05, 0.1) is 17.1 Å². The van der Waals surface area contributed by atoms with E-state index in [9.17, 15) is 4.79 Å². The van der Waals surface area contributed by atoms with E-state index in [1.165, 1.54) is 0 Å². The lowest BCUT2D eigenvalue weighted by molar-refractivity contribution is -0.128. The van der Waals surface area contributed by atoms with Crippen molar-refractivity contribution in [3.05, 3.63) is 83.6 Å². The van der Waals surface area contributed by atoms with Crippen LogP contribution in [0.3, 0.4) is 0 Å². The zero-order valence-corrected chi connectivity index (χ0v) is 15.5. The van der Waals surface area contributed by atoms with Gasteiger partial charge >= 0.3 is 0 Å². The Morgan fingerprint density at radius 1 is 1.15 bits per heavy atom. The van der Waals surface area contributed by atoms with Gasteiger partial charge in [0.2, 0.25) is 5.91 Å². The van der Waals surface area contributed by atoms with E-state index in [0.717, 1.165) is 22.0 Å². The third-order valence-electron chi connectivity index (χ3n) is 4.41. The van der Waals surface area contributed by atoms with Crippen LogP contribution in [0.15, 0.2) is 66.9 Å². The van der Waals surface area contributed by atoms with E-state index < -0.39 is 0 Å². The van der Waals surface area contributed by atoms with Gasteiger partial charge in [0, 0.05) is 35.8 Å². The average molecular weight is 355 g/mol. The van der Waals surface area contributed by atoms with Crippen molar-refractivity contribution in [3.8, 4) is 6.07 Å². The fourth-order valence-electron chi connectivity index (χ4n) is 2.92. The van der Waals surface area contributed by atoms with Crippen LogP contribution in [0.4, 0.5) is 0 Å². The molecule has 1 heterocycles. The van der Waals surface area contributed by atoms with Crippen LogP contribution < -0.4 is 0 Å². The maximum absolute atomic E-state index is 12.8. The molecule has 0 unspecified atom stereocenters. The Morgan fingerprint density at radius 2 is 1.89 bits per heavy atom. The third-order valence-corrected chi connectivity index (χ3v) is 4.41. The quantitative estimate of drug-likeness (QED) is 0.631. The minimum Gasteiger partial charge on any atom is -0.332 e. The Kier molecular flexibility index (Phi) is 5.63. The van der Waals surface area contributed by atoms with E-state index in [1.807, 2.05) is 62.4 Å². The summed E-state index contributed by atoms with van der Waals surface area (Å²) in [5, 5.41) is 9.96. The van der Waals surface area contributed by atoms with Crippen LogP contribution >= 0.6 is 0 Å². The zero-order chi connectivity index (χ0) is 19.2. The number of aromatic nitrogens is 1. The van der Waals surface area contributed by atoms with Crippen LogP contribution in [0.5, 0.6) is 0 Å². The predicted octanol–water partition coefficient (Wildman–Crippen LogP) is 4.56. The largest absolute Gasteiger partial charge is 0.332 e. The second kappa shape index (κ2) is 8.29. The molecule has 4 heteroatoms. The summed E-state index contributed by atoms with van der Waals surface area (Å²) in [7, 11) is 0. The highest BCUT2D eigenvalue weighted by molar-refractivity contribution is 5.95. The van der Waals surface area contributed by atoms with Crippen LogP contribution in [0.25, 0.3) is 17.0 Å². The van der Waals surface area contributed by atoms with E-state index in [2.05, 4.69) is 11.1 Å². The molecule has 0 N–H and O–H groups in total. The number of nitriles is 1. The molecule has 2 aromatic carbocycles. The van der Waals surface area contributed by atoms with Gasteiger partial charge in [0.25, 0.3) is 0 Å². The predicted molar refractivity (Wildman–Crippen MR) is 108 cm³/mol. The van der Waals surface area contributed by atoms with Gasteiger partial charge in [-0.2, -0.15) is 5.26 Å². The van der Waals surface area contributed by atoms with E-state index in [4.69, 9.17) is 5.26 Å². The van der Waals surface area contributed by atoms with E-state index in [0.29, 0.717) is 12.1 Å². The molecule has 4 nitrogen and oxygen atoms in total. The molecule has 0 saturated carbocycles. The number of carbonyl (C=O) groups is 1. The van der Waals surface area contributed by atoms with Gasteiger partial charge < -0.3 is 4.90 Å². The van der Waals surface area contributed by atoms with Crippen molar-refractivity contribution in [2.24, 2.45) is 0 Å². The minimum absolute atomic E-state index is 0.0534. The lowest BCUT2D eigenvalue weighted by atomic mass is 10.1. The van der Waals surface area contributed by atoms with Gasteiger partial charge in [-0.25, -0.2) is 0 Å². The molecule has 3 rings (SSSR count). The van der Waals surface area contributed by atoms with Crippen LogP contribution in [0.1, 0.15) is 30.5 Å². The van der Waals surface area contributed by atoms with Crippen LogP contribution in [-0.2, 0) is 11.3 Å². The van der Waals surface area contributed by atoms with E-state index in [1.54, 1.807) is 29.3 Å². The van der Waals surface area contributed by atoms with Crippen molar-refractivity contribution in [2.75, 3.05) is 0 Å². The molecule has 0 spiro atoms. The van der Waals surface area contributed by atoms with Gasteiger partial charge in [-0.3, -0.25) is 9.78 Å². The van der Waals surface area contributed by atoms with Crippen molar-refractivity contribution in [2.45, 2.75) is 26.4 Å². The lowest BCUT2D eigenvalue weighted by Gasteiger charge is -2.25. The number of carbonyl (C=O) groups excluding carboxylic acids is 1. The zero-order valence-electron chi connectivity index (χ0n) is 15.5. The first-order chi connectivity index (χ1) is 13.1. The fraction of sp³-hybridized carbons (Fsp3) is 0.174. The standard InChI is InChI=1S/C23H21N3O/c1-17(2)26(16-19-10-8-18(15-24)9-11-19)22(27)13-12-21-6-3-5-20-7-4-14-25-23(20)21/h3-14,17H,16H2,1-2H3/b13-12+. The summed E-state index contributed by atoms with van der Waals surface area (Å²) < 4.78 is 0. The van der Waals surface area contributed by atoms with Crippen molar-refractivity contribution in [1.29, 1.82) is 5.26 Å². The van der Waals surface area contributed by atoms with Gasteiger partial charge in [0.1, 0.15) is 0 Å². The highest BCUT2D eigenvalue weighted by atomic mass is 16.2. The van der Waals surface area contributed by atoms with Crippen molar-refractivity contribution in [1.82, 2.24) is 9.88 Å². The summed E-state index contributed by atoms with van der Waals surface area (Å²) in [6.45, 7) is 4.49. The number of pyridine rings is 1. The molecule has 0 bridgehead atoms. The highest BCUT2D eigenvalue weighted by Crippen LogP contribution is 2.18. The van der Waals surface area contributed by atoms with Gasteiger partial charge in [0.15, 0.2) is 0 Å². The van der Waals surface area contributed by atoms with Gasteiger partial charge in [-0.15, -0.1) is 0 Å². The minimum atomic E-state index is -0.0534. The highest BCUT2D eigenvalue weighted by Gasteiger charge is 2.15. The number of hydrogen-bond acceptors (Lipinski definition) is 3. The third kappa shape index (κ3) is 4.39. The molecular formula is C23H21N3O. The molecule has 1 amide bonds. The molecule has 134 valence electrons. The van der Waals surface area contributed by atoms with E-state index in [-0.39, 0.29) is 11.9 Å². The Bertz CT molecular complexity index is 1010. The van der Waals surface area contributed by atoms with Crippen molar-refractivity contribution >= 4 is 22.9 Å². The van der Waals surface area contributed by atoms with Gasteiger partial charge in [-0.05, 0) is 43.7 Å². The molecule has 0 fully saturated rings. The number of benzene rings is 2. The Morgan fingerprint density at radius 3 is 2.59 bits per heavy atom. The molecule has 0 radical (unpaired) electrons. The normalized spacial score (nSPS) is 11.0. The Hall–Kier alpha value is -3.45. The lowest BCUT2D eigenvalue weighted by Crippen LogP contribution is -2.35. The van der Waals surface area contributed by atoms with E-state index >= 15 is 0 Å². The molecule has 0 aliphatic heterocycles. The number of para-hydroxylation sites is 1. The Labute approximate surface area is 159 Å². The smallest absolute Gasteiger partial charge is 0.247 e. The summed E-state index contributed by atoms with van der Waals surface area (Å²) in [6.07, 6.45) is 5.19. The molecule has 3 aromatic rings. The molecule has 0 aliphatic carbocycles. The molecular weight excluding hydrogens is 334 g/mol. The fourth-order valence-corrected chi connectivity index (χ4v) is 2.92. The second-order valence-corrected chi connectivity index (χ2v) is 6.62. The molecule has 0 saturated heterocycles. The first kappa shape index (κ1) is 18.3. The SMILES string of the molecule is CC(C)N(Cc1ccc(C#N)cc1)C(=O)/C=C/c1cccc2cccnc12. The summed E-state index contributed by atoms with van der Waals surface area (Å²) >= 11 is 0. The molecule has 27 heavy (non-hydrogen) atoms. The number of amides is 1. The van der Waals surface area contributed by atoms with Crippen LogP contribution in [0, 0.1) is 11.3 Å². The first-order valence-corrected chi connectivity index (χ1v) is 8.90. The summed E-state index contributed by atoms with van der Waals surface area (Å²) in [4.78, 5) is 19.0. The summed E-state index contributed by atoms with van der Waals surface area (Å²) in [6, 6.07) is 19.3. The maximum Gasteiger partial charge on any atom is 0.247 e. The number of nitrogens with zero attached hydrogens (tertiary/aromatic N) is 3. The Balaban J connectivity index is 1.80. The molecule has 1 aromatic heterocycles. The topological polar surface area (TPSA) is 57.0 Å². The van der Waals surface area contributed by atoms with Crippen LogP contribution in [-0.4, -0.2) is 21.8 Å². The second-order valence-electron chi connectivity index (χ2n) is 6.62. The molecule has 0 aliphatic rings. The number of fused-ring (bicyclic) bond motifs is 1. The first-order valence-electron chi connectivity index (χ1n) is 8.90. The van der Waals surface area contributed by atoms with Gasteiger partial charge in [-0.1, -0.05) is 36.4 Å². The number of hydrogen-bond donors (Lipinski definition) is 0. The monoisotopic (exact) mass is 355 g/mol.